The molecule has 0 aliphatic carbocycles. The Kier molecular flexibility index (Phi) is 4.93. The van der Waals surface area contributed by atoms with Gasteiger partial charge in [-0.3, -0.25) is 0 Å². The van der Waals surface area contributed by atoms with Crippen LogP contribution in [-0.4, -0.2) is 17.2 Å². The van der Waals surface area contributed by atoms with Crippen molar-refractivity contribution in [1.29, 1.82) is 0 Å². The summed E-state index contributed by atoms with van der Waals surface area (Å²) < 4.78 is 0. The lowest BCUT2D eigenvalue weighted by Crippen LogP contribution is -2.30. The first-order valence-electron chi connectivity index (χ1n) is 3.39. The molecule has 66 valence electrons. The van der Waals surface area contributed by atoms with Gasteiger partial charge < -0.3 is 15.8 Å². The fourth-order valence-electron chi connectivity index (χ4n) is 0.881. The van der Waals surface area contributed by atoms with Crippen LogP contribution in [0.5, 0.6) is 0 Å². The topological polar surface area (TPSA) is 66.5 Å². The average Bonchev–Trinajstić information content (AvgIpc) is 2.05. The van der Waals surface area contributed by atoms with Gasteiger partial charge in [0.1, 0.15) is 0 Å². The highest BCUT2D eigenvalue weighted by molar-refractivity contribution is 6.58. The second-order valence-corrected chi connectivity index (χ2v) is 2.32. The van der Waals surface area contributed by atoms with E-state index in [1.165, 1.54) is 0 Å². The quantitative estimate of drug-likeness (QED) is 0.534. The van der Waals surface area contributed by atoms with Crippen LogP contribution >= 0.6 is 12.4 Å². The van der Waals surface area contributed by atoms with Crippen molar-refractivity contribution in [2.24, 2.45) is 5.73 Å². The van der Waals surface area contributed by atoms with Crippen molar-refractivity contribution in [2.75, 3.05) is 0 Å². The largest absolute Gasteiger partial charge is 0.488 e. The van der Waals surface area contributed by atoms with Crippen LogP contribution in [0.4, 0.5) is 0 Å². The van der Waals surface area contributed by atoms with Gasteiger partial charge in [0.15, 0.2) is 0 Å². The van der Waals surface area contributed by atoms with Crippen LogP contribution in [-0.2, 0) is 6.54 Å². The maximum Gasteiger partial charge on any atom is 0.488 e. The highest BCUT2D eigenvalue weighted by Crippen LogP contribution is 1.94. The Morgan fingerprint density at radius 1 is 1.33 bits per heavy atom. The Labute approximate surface area is 77.8 Å². The molecule has 0 aliphatic heterocycles. The Balaban J connectivity index is 0.00000121. The highest BCUT2D eigenvalue weighted by Gasteiger charge is 2.09. The molecule has 4 N–H and O–H groups in total. The molecule has 1 aromatic carbocycles. The molecule has 0 bridgehead atoms. The predicted molar refractivity (Wildman–Crippen MR) is 51.4 cm³/mol. The molecule has 0 heterocycles. The number of benzene rings is 1. The molecule has 12 heavy (non-hydrogen) atoms. The van der Waals surface area contributed by atoms with Gasteiger partial charge in [-0.1, -0.05) is 24.3 Å². The molecular formula is C7H11BClNO2. The molecule has 0 amide bonds. The smallest absolute Gasteiger partial charge is 0.423 e. The summed E-state index contributed by atoms with van der Waals surface area (Å²) in [5, 5.41) is 17.5. The summed E-state index contributed by atoms with van der Waals surface area (Å²) in [4.78, 5) is 0. The van der Waals surface area contributed by atoms with Gasteiger partial charge in [-0.25, -0.2) is 0 Å². The van der Waals surface area contributed by atoms with Crippen LogP contribution < -0.4 is 11.2 Å². The standard InChI is InChI=1S/C7H10BNO2.ClH/c9-5-6-2-1-3-7(4-6)8(10)11;/h1-4,10-11H,5,9H2;1H. The summed E-state index contributed by atoms with van der Waals surface area (Å²) >= 11 is 0. The van der Waals surface area contributed by atoms with E-state index in [4.69, 9.17) is 15.8 Å². The van der Waals surface area contributed by atoms with E-state index in [0.717, 1.165) is 5.56 Å². The minimum absolute atomic E-state index is 0. The van der Waals surface area contributed by atoms with E-state index in [-0.39, 0.29) is 12.4 Å². The first-order valence-corrected chi connectivity index (χ1v) is 3.39. The zero-order valence-electron chi connectivity index (χ0n) is 6.47. The van der Waals surface area contributed by atoms with Gasteiger partial charge in [-0.2, -0.15) is 0 Å². The minimum Gasteiger partial charge on any atom is -0.423 e. The molecule has 0 unspecified atom stereocenters. The van der Waals surface area contributed by atoms with Crippen LogP contribution in [0, 0.1) is 0 Å². The maximum absolute atomic E-state index is 8.76. The minimum atomic E-state index is -1.40. The molecular weight excluding hydrogens is 176 g/mol. The van der Waals surface area contributed by atoms with Crippen molar-refractivity contribution < 1.29 is 10.0 Å². The summed E-state index contributed by atoms with van der Waals surface area (Å²) in [6.45, 7) is 0.417. The molecule has 0 aromatic heterocycles. The Hall–Kier alpha value is -0.545. The molecule has 0 spiro atoms. The van der Waals surface area contributed by atoms with E-state index < -0.39 is 7.12 Å². The zero-order valence-corrected chi connectivity index (χ0v) is 7.29. The van der Waals surface area contributed by atoms with E-state index in [9.17, 15) is 0 Å². The highest BCUT2D eigenvalue weighted by atomic mass is 35.5. The van der Waals surface area contributed by atoms with Gasteiger partial charge in [-0.05, 0) is 11.0 Å². The van der Waals surface area contributed by atoms with Gasteiger partial charge in [0.05, 0.1) is 0 Å². The Morgan fingerprint density at radius 3 is 2.50 bits per heavy atom. The first kappa shape index (κ1) is 11.5. The molecule has 1 rings (SSSR count). The monoisotopic (exact) mass is 187 g/mol. The fourth-order valence-corrected chi connectivity index (χ4v) is 0.881. The van der Waals surface area contributed by atoms with Crippen molar-refractivity contribution in [1.82, 2.24) is 0 Å². The lowest BCUT2D eigenvalue weighted by molar-refractivity contribution is 0.425. The zero-order chi connectivity index (χ0) is 8.27. The van der Waals surface area contributed by atoms with Crippen LogP contribution in [0.2, 0.25) is 0 Å². The van der Waals surface area contributed by atoms with Crippen LogP contribution in [0.25, 0.3) is 0 Å². The summed E-state index contributed by atoms with van der Waals surface area (Å²) in [5.41, 5.74) is 6.73. The van der Waals surface area contributed by atoms with Gasteiger partial charge in [-0.15, -0.1) is 12.4 Å². The molecule has 3 nitrogen and oxygen atoms in total. The van der Waals surface area contributed by atoms with Gasteiger partial charge in [0, 0.05) is 6.54 Å². The molecule has 0 saturated carbocycles. The molecule has 0 saturated heterocycles. The molecule has 0 atom stereocenters. The van der Waals surface area contributed by atoms with E-state index in [1.54, 1.807) is 18.2 Å². The normalized spacial score (nSPS) is 8.92. The third-order valence-electron chi connectivity index (χ3n) is 1.48. The summed E-state index contributed by atoms with van der Waals surface area (Å²) in [5.74, 6) is 0. The first-order chi connectivity index (χ1) is 5.24. The van der Waals surface area contributed by atoms with Crippen molar-refractivity contribution in [2.45, 2.75) is 6.54 Å². The van der Waals surface area contributed by atoms with E-state index in [0.29, 0.717) is 12.0 Å². The Morgan fingerprint density at radius 2 is 2.00 bits per heavy atom. The van der Waals surface area contributed by atoms with Crippen LogP contribution in [0.1, 0.15) is 5.56 Å². The molecule has 0 aliphatic rings. The third kappa shape index (κ3) is 2.83. The fraction of sp³-hybridized carbons (Fsp3) is 0.143. The number of hydrogen-bond acceptors (Lipinski definition) is 3. The lowest BCUT2D eigenvalue weighted by atomic mass is 9.80. The SMILES string of the molecule is Cl.NCc1cccc(B(O)O)c1. The summed E-state index contributed by atoms with van der Waals surface area (Å²) in [7, 11) is -1.40. The van der Waals surface area contributed by atoms with E-state index >= 15 is 0 Å². The number of halogens is 1. The Bertz CT molecular complexity index is 245. The van der Waals surface area contributed by atoms with Crippen LogP contribution in [0.3, 0.4) is 0 Å². The second kappa shape index (κ2) is 5.16. The van der Waals surface area contributed by atoms with Crippen molar-refractivity contribution in [3.8, 4) is 0 Å². The van der Waals surface area contributed by atoms with Gasteiger partial charge in [0.2, 0.25) is 0 Å². The van der Waals surface area contributed by atoms with Gasteiger partial charge in [0.25, 0.3) is 0 Å². The molecule has 1 aromatic rings. The summed E-state index contributed by atoms with van der Waals surface area (Å²) in [6.07, 6.45) is 0. The summed E-state index contributed by atoms with van der Waals surface area (Å²) in [6, 6.07) is 6.90. The van der Waals surface area contributed by atoms with E-state index in [2.05, 4.69) is 0 Å². The second-order valence-electron chi connectivity index (χ2n) is 2.32. The van der Waals surface area contributed by atoms with Crippen molar-refractivity contribution in [3.05, 3.63) is 29.8 Å². The predicted octanol–water partition coefficient (Wildman–Crippen LogP) is -0.753. The van der Waals surface area contributed by atoms with E-state index in [1.807, 2.05) is 6.07 Å². The maximum atomic E-state index is 8.76. The van der Waals surface area contributed by atoms with Crippen molar-refractivity contribution in [3.63, 3.8) is 0 Å². The van der Waals surface area contributed by atoms with Gasteiger partial charge >= 0.3 is 7.12 Å². The number of nitrogens with two attached hydrogens (primary N) is 1. The van der Waals surface area contributed by atoms with Crippen LogP contribution in [0.15, 0.2) is 24.3 Å². The molecule has 0 radical (unpaired) electrons. The average molecular weight is 187 g/mol. The van der Waals surface area contributed by atoms with Crippen molar-refractivity contribution >= 4 is 25.0 Å². The third-order valence-corrected chi connectivity index (χ3v) is 1.48. The number of hydrogen-bond donors (Lipinski definition) is 3. The number of rotatable bonds is 2. The molecule has 0 fully saturated rings. The lowest BCUT2D eigenvalue weighted by Gasteiger charge is -2.00. The molecule has 5 heteroatoms.